The summed E-state index contributed by atoms with van der Waals surface area (Å²) in [5.41, 5.74) is 0. The molecule has 3 rings (SSSR count). The lowest BCUT2D eigenvalue weighted by Crippen LogP contribution is -2.52. The molecule has 0 bridgehead atoms. The Morgan fingerprint density at radius 2 is 1.44 bits per heavy atom. The van der Waals surface area contributed by atoms with E-state index in [1.54, 1.807) is 4.90 Å². The van der Waals surface area contributed by atoms with Gasteiger partial charge in [-0.25, -0.2) is 4.79 Å². The van der Waals surface area contributed by atoms with E-state index in [-0.39, 0.29) is 11.9 Å². The minimum absolute atomic E-state index is 0.119. The second kappa shape index (κ2) is 8.36. The maximum atomic E-state index is 12.6. The Hall–Kier alpha value is -1.34. The molecule has 0 unspecified atom stereocenters. The highest BCUT2D eigenvalue weighted by molar-refractivity contribution is 5.79. The minimum Gasteiger partial charge on any atom is -0.378 e. The number of amides is 3. The normalized spacial score (nSPS) is 24.4. The molecule has 0 atom stereocenters. The Bertz CT molecular complexity index is 463. The second-order valence-electron chi connectivity index (χ2n) is 7.64. The van der Waals surface area contributed by atoms with Crippen molar-refractivity contribution in [2.45, 2.75) is 31.7 Å². The van der Waals surface area contributed by atoms with Gasteiger partial charge in [0.05, 0.1) is 13.2 Å². The van der Waals surface area contributed by atoms with E-state index in [9.17, 15) is 9.59 Å². The van der Waals surface area contributed by atoms with Crippen molar-refractivity contribution in [3.63, 3.8) is 0 Å². The molecule has 25 heavy (non-hydrogen) atoms. The van der Waals surface area contributed by atoms with Gasteiger partial charge < -0.3 is 24.3 Å². The highest BCUT2D eigenvalue weighted by Gasteiger charge is 2.33. The molecule has 3 aliphatic heterocycles. The van der Waals surface area contributed by atoms with Gasteiger partial charge in [0.25, 0.3) is 0 Å². The number of hydrogen-bond donors (Lipinski definition) is 0. The second-order valence-corrected chi connectivity index (χ2v) is 7.64. The van der Waals surface area contributed by atoms with Crippen molar-refractivity contribution < 1.29 is 14.3 Å². The molecule has 0 N–H and O–H groups in total. The lowest BCUT2D eigenvalue weighted by atomic mass is 9.92. The van der Waals surface area contributed by atoms with Gasteiger partial charge in [-0.2, -0.15) is 0 Å². The predicted molar refractivity (Wildman–Crippen MR) is 95.4 cm³/mol. The van der Waals surface area contributed by atoms with Gasteiger partial charge in [0.1, 0.15) is 0 Å². The molecule has 3 saturated heterocycles. The van der Waals surface area contributed by atoms with Gasteiger partial charge >= 0.3 is 6.03 Å². The summed E-state index contributed by atoms with van der Waals surface area (Å²) in [6, 6.07) is 0.680. The molecule has 0 aromatic rings. The number of nitrogens with zero attached hydrogens (tertiary/aromatic N) is 4. The maximum Gasteiger partial charge on any atom is 0.319 e. The zero-order valence-electron chi connectivity index (χ0n) is 15.7. The minimum atomic E-state index is 0.119. The van der Waals surface area contributed by atoms with E-state index < -0.39 is 0 Å². The molecule has 0 aliphatic carbocycles. The number of rotatable bonds is 2. The van der Waals surface area contributed by atoms with Crippen LogP contribution in [-0.4, -0.2) is 104 Å². The zero-order chi connectivity index (χ0) is 17.8. The Labute approximate surface area is 150 Å². The number of ether oxygens (including phenoxy) is 1. The lowest BCUT2D eigenvalue weighted by Gasteiger charge is -2.42. The summed E-state index contributed by atoms with van der Waals surface area (Å²) in [6.07, 6.45) is 4.02. The summed E-state index contributed by atoms with van der Waals surface area (Å²) in [6.45, 7) is 6.54. The SMILES string of the molecule is CN(C)C(=O)N1CCC(N2CCC(C(=O)N3CCOCC3)CC2)CC1. The van der Waals surface area contributed by atoms with Crippen LogP contribution in [0.2, 0.25) is 0 Å². The third kappa shape index (κ3) is 4.44. The number of morpholine rings is 1. The first-order valence-electron chi connectivity index (χ1n) is 9.63. The molecule has 0 saturated carbocycles. The van der Waals surface area contributed by atoms with Gasteiger partial charge in [-0.3, -0.25) is 4.79 Å². The van der Waals surface area contributed by atoms with Crippen LogP contribution in [-0.2, 0) is 9.53 Å². The smallest absolute Gasteiger partial charge is 0.319 e. The van der Waals surface area contributed by atoms with Crippen LogP contribution in [0, 0.1) is 5.92 Å². The summed E-state index contributed by atoms with van der Waals surface area (Å²) in [5.74, 6) is 0.513. The summed E-state index contributed by atoms with van der Waals surface area (Å²) < 4.78 is 5.34. The molecule has 3 amide bonds. The van der Waals surface area contributed by atoms with Crippen LogP contribution in [0.4, 0.5) is 4.79 Å². The average molecular weight is 352 g/mol. The first kappa shape index (κ1) is 18.5. The zero-order valence-corrected chi connectivity index (χ0v) is 15.7. The first-order valence-corrected chi connectivity index (χ1v) is 9.63. The fourth-order valence-electron chi connectivity index (χ4n) is 4.26. The molecule has 3 heterocycles. The van der Waals surface area contributed by atoms with E-state index in [2.05, 4.69) is 4.90 Å². The van der Waals surface area contributed by atoms with E-state index in [0.29, 0.717) is 25.2 Å². The number of carbonyl (C=O) groups excluding carboxylic acids is 2. The van der Waals surface area contributed by atoms with Gasteiger partial charge in [0, 0.05) is 52.2 Å². The van der Waals surface area contributed by atoms with Crippen LogP contribution in [0.25, 0.3) is 0 Å². The van der Waals surface area contributed by atoms with Gasteiger partial charge in [0.15, 0.2) is 0 Å². The van der Waals surface area contributed by atoms with Crippen LogP contribution in [0.15, 0.2) is 0 Å². The van der Waals surface area contributed by atoms with E-state index >= 15 is 0 Å². The third-order valence-corrected chi connectivity index (χ3v) is 5.84. The molecule has 142 valence electrons. The topological polar surface area (TPSA) is 56.3 Å². The molecule has 3 fully saturated rings. The number of piperidine rings is 2. The van der Waals surface area contributed by atoms with Crippen molar-refractivity contribution in [1.82, 2.24) is 19.6 Å². The predicted octanol–water partition coefficient (Wildman–Crippen LogP) is 0.703. The average Bonchev–Trinajstić information content (AvgIpc) is 2.67. The van der Waals surface area contributed by atoms with Crippen molar-refractivity contribution >= 4 is 11.9 Å². The Morgan fingerprint density at radius 1 is 0.840 bits per heavy atom. The van der Waals surface area contributed by atoms with Crippen molar-refractivity contribution in [2.75, 3.05) is 66.6 Å². The summed E-state index contributed by atoms with van der Waals surface area (Å²) in [7, 11) is 3.62. The summed E-state index contributed by atoms with van der Waals surface area (Å²) in [4.78, 5) is 32.8. The van der Waals surface area contributed by atoms with Crippen LogP contribution >= 0.6 is 0 Å². The largest absolute Gasteiger partial charge is 0.378 e. The van der Waals surface area contributed by atoms with E-state index in [1.807, 2.05) is 23.9 Å². The molecule has 0 aromatic heterocycles. The monoisotopic (exact) mass is 352 g/mol. The van der Waals surface area contributed by atoms with Crippen LogP contribution in [0.5, 0.6) is 0 Å². The van der Waals surface area contributed by atoms with Gasteiger partial charge in [-0.1, -0.05) is 0 Å². The highest BCUT2D eigenvalue weighted by Crippen LogP contribution is 2.25. The van der Waals surface area contributed by atoms with Gasteiger partial charge in [-0.05, 0) is 38.8 Å². The molecular formula is C18H32N4O3. The number of hydrogen-bond acceptors (Lipinski definition) is 4. The standard InChI is InChI=1S/C18H32N4O3/c1-19(2)18(24)22-9-5-16(6-10-22)20-7-3-15(4-8-20)17(23)21-11-13-25-14-12-21/h15-16H,3-14H2,1-2H3. The van der Waals surface area contributed by atoms with E-state index in [1.165, 1.54) is 0 Å². The Kier molecular flexibility index (Phi) is 6.17. The molecule has 0 aromatic carbocycles. The lowest BCUT2D eigenvalue weighted by molar-refractivity contribution is -0.141. The Balaban J connectivity index is 1.42. The molecule has 7 nitrogen and oxygen atoms in total. The number of carbonyl (C=O) groups is 2. The van der Waals surface area contributed by atoms with Crippen molar-refractivity contribution in [3.8, 4) is 0 Å². The number of likely N-dealkylation sites (tertiary alicyclic amines) is 2. The third-order valence-electron chi connectivity index (χ3n) is 5.84. The van der Waals surface area contributed by atoms with Crippen molar-refractivity contribution in [1.29, 1.82) is 0 Å². The molecule has 0 radical (unpaired) electrons. The van der Waals surface area contributed by atoms with Gasteiger partial charge in [0.2, 0.25) is 5.91 Å². The van der Waals surface area contributed by atoms with Crippen LogP contribution in [0.1, 0.15) is 25.7 Å². The Morgan fingerprint density at radius 3 is 2.00 bits per heavy atom. The van der Waals surface area contributed by atoms with Crippen molar-refractivity contribution in [3.05, 3.63) is 0 Å². The van der Waals surface area contributed by atoms with E-state index in [0.717, 1.165) is 65.0 Å². The maximum absolute atomic E-state index is 12.6. The molecular weight excluding hydrogens is 320 g/mol. The summed E-state index contributed by atoms with van der Waals surface area (Å²) >= 11 is 0. The fraction of sp³-hybridized carbons (Fsp3) is 0.889. The highest BCUT2D eigenvalue weighted by atomic mass is 16.5. The first-order chi connectivity index (χ1) is 12.1. The molecule has 3 aliphatic rings. The fourth-order valence-corrected chi connectivity index (χ4v) is 4.26. The van der Waals surface area contributed by atoms with Crippen LogP contribution in [0.3, 0.4) is 0 Å². The molecule has 7 heteroatoms. The van der Waals surface area contributed by atoms with Crippen LogP contribution < -0.4 is 0 Å². The quantitative estimate of drug-likeness (QED) is 0.734. The van der Waals surface area contributed by atoms with Crippen molar-refractivity contribution in [2.24, 2.45) is 5.92 Å². The molecule has 0 spiro atoms. The number of urea groups is 1. The summed E-state index contributed by atoms with van der Waals surface area (Å²) in [5, 5.41) is 0. The van der Waals surface area contributed by atoms with E-state index in [4.69, 9.17) is 4.74 Å². The van der Waals surface area contributed by atoms with Gasteiger partial charge in [-0.15, -0.1) is 0 Å².